The van der Waals surface area contributed by atoms with E-state index in [0.29, 0.717) is 19.6 Å². The molecule has 0 bridgehead atoms. The summed E-state index contributed by atoms with van der Waals surface area (Å²) in [6.07, 6.45) is 1.30. The number of rotatable bonds is 7. The quantitative estimate of drug-likeness (QED) is 0.276. The lowest BCUT2D eigenvalue weighted by Gasteiger charge is -2.18. The highest BCUT2D eigenvalue weighted by Crippen LogP contribution is 2.33. The smallest absolute Gasteiger partial charge is 0.227 e. The van der Waals surface area contributed by atoms with Crippen molar-refractivity contribution in [2.75, 3.05) is 18.1 Å². The minimum absolute atomic E-state index is 0.0536. The maximum absolute atomic E-state index is 13.0. The molecule has 1 atom stereocenters. The van der Waals surface area contributed by atoms with Crippen LogP contribution in [0.3, 0.4) is 0 Å². The molecule has 5 nitrogen and oxygen atoms in total. The van der Waals surface area contributed by atoms with Crippen LogP contribution < -0.4 is 9.64 Å². The van der Waals surface area contributed by atoms with Gasteiger partial charge in [0.2, 0.25) is 5.91 Å². The molecule has 35 heavy (non-hydrogen) atoms. The average molecular weight is 488 g/mol. The van der Waals surface area contributed by atoms with Crippen molar-refractivity contribution in [2.24, 2.45) is 0 Å². The third-order valence-corrected chi connectivity index (χ3v) is 7.29. The molecule has 1 unspecified atom stereocenters. The first kappa shape index (κ1) is 23.4. The van der Waals surface area contributed by atoms with Gasteiger partial charge in [0, 0.05) is 36.1 Å². The van der Waals surface area contributed by atoms with Crippen LogP contribution in [-0.4, -0.2) is 28.6 Å². The highest BCUT2D eigenvalue weighted by molar-refractivity contribution is 6.32. The first-order valence-corrected chi connectivity index (χ1v) is 12.5. The Morgan fingerprint density at radius 1 is 1.03 bits per heavy atom. The van der Waals surface area contributed by atoms with Crippen LogP contribution in [0.25, 0.3) is 11.0 Å². The Bertz CT molecular complexity index is 1370. The first-order valence-electron chi connectivity index (χ1n) is 12.1. The summed E-state index contributed by atoms with van der Waals surface area (Å²) in [6, 6.07) is 20.3. The van der Waals surface area contributed by atoms with Crippen LogP contribution in [0.5, 0.6) is 5.75 Å². The lowest BCUT2D eigenvalue weighted by molar-refractivity contribution is -0.117. The molecule has 180 valence electrons. The Morgan fingerprint density at radius 2 is 1.80 bits per heavy atom. The number of halogens is 1. The van der Waals surface area contributed by atoms with Gasteiger partial charge in [-0.3, -0.25) is 4.79 Å². The van der Waals surface area contributed by atoms with Gasteiger partial charge in [-0.05, 0) is 80.3 Å². The Balaban J connectivity index is 1.34. The molecule has 1 amide bonds. The number of nitrogens with zero attached hydrogens (tertiary/aromatic N) is 3. The van der Waals surface area contributed by atoms with Gasteiger partial charge in [0.05, 0.1) is 17.6 Å². The second-order valence-electron chi connectivity index (χ2n) is 9.43. The molecule has 0 spiro atoms. The molecule has 2 heterocycles. The molecule has 0 N–H and O–H groups in total. The van der Waals surface area contributed by atoms with Crippen molar-refractivity contribution < 1.29 is 9.53 Å². The van der Waals surface area contributed by atoms with E-state index < -0.39 is 0 Å². The molecule has 1 fully saturated rings. The molecule has 0 aliphatic carbocycles. The summed E-state index contributed by atoms with van der Waals surface area (Å²) < 4.78 is 8.32. The van der Waals surface area contributed by atoms with Crippen molar-refractivity contribution >= 4 is 34.2 Å². The highest BCUT2D eigenvalue weighted by atomic mass is 35.5. The molecular formula is C29H30ClN3O2. The number of hydrogen-bond donors (Lipinski definition) is 0. The summed E-state index contributed by atoms with van der Waals surface area (Å²) in [7, 11) is 0. The van der Waals surface area contributed by atoms with Gasteiger partial charge < -0.3 is 14.2 Å². The number of para-hydroxylation sites is 2. The van der Waals surface area contributed by atoms with E-state index >= 15 is 0 Å². The molecule has 4 aromatic rings. The van der Waals surface area contributed by atoms with E-state index in [1.165, 1.54) is 0 Å². The van der Waals surface area contributed by atoms with Crippen LogP contribution in [0.15, 0.2) is 60.7 Å². The minimum Gasteiger partial charge on any atom is -0.494 e. The number of ether oxygens (including phenoxy) is 1. The second-order valence-corrected chi connectivity index (χ2v) is 9.81. The number of anilines is 1. The topological polar surface area (TPSA) is 47.4 Å². The molecule has 1 saturated heterocycles. The van der Waals surface area contributed by atoms with Crippen molar-refractivity contribution in [1.29, 1.82) is 0 Å². The number of amides is 1. The summed E-state index contributed by atoms with van der Waals surface area (Å²) in [5.41, 5.74) is 6.22. The third-order valence-electron chi connectivity index (χ3n) is 6.69. The molecule has 0 radical (unpaired) electrons. The number of carbonyl (C=O) groups is 1. The summed E-state index contributed by atoms with van der Waals surface area (Å²) >= 11 is 6.29. The van der Waals surface area contributed by atoms with Gasteiger partial charge >= 0.3 is 0 Å². The van der Waals surface area contributed by atoms with E-state index in [9.17, 15) is 4.79 Å². The van der Waals surface area contributed by atoms with Crippen molar-refractivity contribution in [3.05, 3.63) is 88.2 Å². The average Bonchev–Trinajstić information content (AvgIpc) is 3.40. The van der Waals surface area contributed by atoms with Crippen LogP contribution in [0.2, 0.25) is 5.02 Å². The Kier molecular flexibility index (Phi) is 6.52. The van der Waals surface area contributed by atoms with Crippen molar-refractivity contribution in [3.63, 3.8) is 0 Å². The van der Waals surface area contributed by atoms with Gasteiger partial charge in [-0.25, -0.2) is 4.98 Å². The molecule has 3 aromatic carbocycles. The SMILES string of the molecule is Cc1cccc(N2CC(c3nc4ccccc4n3CCCOc3cc(C)c(Cl)c(C)c3)CC2=O)c1. The van der Waals surface area contributed by atoms with Crippen LogP contribution in [0.1, 0.15) is 41.3 Å². The number of carbonyl (C=O) groups excluding carboxylic acids is 1. The second kappa shape index (κ2) is 9.74. The van der Waals surface area contributed by atoms with Crippen LogP contribution >= 0.6 is 11.6 Å². The number of fused-ring (bicyclic) bond motifs is 1. The lowest BCUT2D eigenvalue weighted by Crippen LogP contribution is -2.24. The van der Waals surface area contributed by atoms with Crippen LogP contribution in [0, 0.1) is 20.8 Å². The Hall–Kier alpha value is -3.31. The molecule has 6 heteroatoms. The van der Waals surface area contributed by atoms with Crippen molar-refractivity contribution in [2.45, 2.75) is 46.1 Å². The molecular weight excluding hydrogens is 458 g/mol. The van der Waals surface area contributed by atoms with Crippen LogP contribution in [0.4, 0.5) is 5.69 Å². The number of hydrogen-bond acceptors (Lipinski definition) is 3. The molecule has 5 rings (SSSR count). The maximum Gasteiger partial charge on any atom is 0.227 e. The molecule has 0 saturated carbocycles. The maximum atomic E-state index is 13.0. The predicted molar refractivity (Wildman–Crippen MR) is 142 cm³/mol. The summed E-state index contributed by atoms with van der Waals surface area (Å²) in [6.45, 7) is 8.05. The van der Waals surface area contributed by atoms with Gasteiger partial charge in [-0.2, -0.15) is 0 Å². The number of imidazole rings is 1. The van der Waals surface area contributed by atoms with E-state index in [0.717, 1.165) is 63.0 Å². The number of aromatic nitrogens is 2. The Morgan fingerprint density at radius 3 is 2.57 bits per heavy atom. The van der Waals surface area contributed by atoms with E-state index in [1.807, 2.05) is 61.2 Å². The zero-order valence-corrected chi connectivity index (χ0v) is 21.2. The zero-order valence-electron chi connectivity index (χ0n) is 20.4. The minimum atomic E-state index is 0.0536. The van der Waals surface area contributed by atoms with Gasteiger partial charge in [-0.15, -0.1) is 0 Å². The fourth-order valence-corrected chi connectivity index (χ4v) is 5.08. The molecule has 1 aromatic heterocycles. The standard InChI is InChI=1S/C29H30ClN3O2/c1-19-8-6-9-23(14-19)33-18-22(17-27(33)34)29-31-25-10-4-5-11-26(25)32(29)12-7-13-35-24-15-20(2)28(30)21(3)16-24/h4-6,8-11,14-16,22H,7,12-13,17-18H2,1-3H3. The number of benzene rings is 3. The number of aryl methyl sites for hydroxylation is 4. The van der Waals surface area contributed by atoms with E-state index in [-0.39, 0.29) is 11.8 Å². The van der Waals surface area contributed by atoms with E-state index in [1.54, 1.807) is 0 Å². The summed E-state index contributed by atoms with van der Waals surface area (Å²) in [4.78, 5) is 19.8. The summed E-state index contributed by atoms with van der Waals surface area (Å²) in [5.74, 6) is 2.03. The van der Waals surface area contributed by atoms with Crippen molar-refractivity contribution in [3.8, 4) is 5.75 Å². The van der Waals surface area contributed by atoms with Gasteiger partial charge in [0.15, 0.2) is 0 Å². The third kappa shape index (κ3) is 4.78. The van der Waals surface area contributed by atoms with Crippen LogP contribution in [-0.2, 0) is 11.3 Å². The van der Waals surface area contributed by atoms with Crippen molar-refractivity contribution in [1.82, 2.24) is 9.55 Å². The largest absolute Gasteiger partial charge is 0.494 e. The Labute approximate surface area is 211 Å². The fourth-order valence-electron chi connectivity index (χ4n) is 4.97. The lowest BCUT2D eigenvalue weighted by atomic mass is 10.1. The molecule has 1 aliphatic heterocycles. The highest BCUT2D eigenvalue weighted by Gasteiger charge is 2.34. The van der Waals surface area contributed by atoms with E-state index in [2.05, 4.69) is 29.7 Å². The van der Waals surface area contributed by atoms with Gasteiger partial charge in [0.1, 0.15) is 11.6 Å². The zero-order chi connectivity index (χ0) is 24.5. The summed E-state index contributed by atoms with van der Waals surface area (Å²) in [5, 5.41) is 0.790. The first-order chi connectivity index (χ1) is 16.9. The normalized spacial score (nSPS) is 15.8. The fraction of sp³-hybridized carbons (Fsp3) is 0.310. The monoisotopic (exact) mass is 487 g/mol. The predicted octanol–water partition coefficient (Wildman–Crippen LogP) is 6.60. The molecule has 1 aliphatic rings. The van der Waals surface area contributed by atoms with Gasteiger partial charge in [-0.1, -0.05) is 35.9 Å². The van der Waals surface area contributed by atoms with Gasteiger partial charge in [0.25, 0.3) is 0 Å². The van der Waals surface area contributed by atoms with E-state index in [4.69, 9.17) is 21.3 Å².